The van der Waals surface area contributed by atoms with Gasteiger partial charge in [0.25, 0.3) is 5.91 Å². The normalized spacial score (nSPS) is 17.3. The van der Waals surface area contributed by atoms with E-state index in [1.54, 1.807) is 30.3 Å². The highest BCUT2D eigenvalue weighted by molar-refractivity contribution is 6.15. The van der Waals surface area contributed by atoms with Crippen LogP contribution >= 0.6 is 0 Å². The lowest BCUT2D eigenvalue weighted by Gasteiger charge is -1.97. The Morgan fingerprint density at radius 3 is 2.69 bits per heavy atom. The van der Waals surface area contributed by atoms with Gasteiger partial charge in [0.1, 0.15) is 0 Å². The quantitative estimate of drug-likeness (QED) is 0.557. The molecule has 0 unspecified atom stereocenters. The van der Waals surface area contributed by atoms with Crippen molar-refractivity contribution in [1.82, 2.24) is 5.32 Å². The molecule has 1 fully saturated rings. The van der Waals surface area contributed by atoms with Crippen LogP contribution in [0.5, 0.6) is 0 Å². The van der Waals surface area contributed by atoms with Crippen molar-refractivity contribution in [2.75, 3.05) is 0 Å². The van der Waals surface area contributed by atoms with E-state index in [1.807, 2.05) is 6.07 Å². The molecule has 0 spiro atoms. The van der Waals surface area contributed by atoms with Crippen LogP contribution in [0.15, 0.2) is 29.8 Å². The van der Waals surface area contributed by atoms with Crippen LogP contribution in [0.4, 0.5) is 0 Å². The number of imide groups is 1. The van der Waals surface area contributed by atoms with E-state index in [9.17, 15) is 9.59 Å². The van der Waals surface area contributed by atoms with Crippen LogP contribution in [0.2, 0.25) is 0 Å². The number of nitrogens with one attached hydrogen (secondary N) is 1. The second-order valence-electron chi connectivity index (χ2n) is 3.42. The van der Waals surface area contributed by atoms with E-state index in [-0.39, 0.29) is 18.2 Å². The zero-order valence-corrected chi connectivity index (χ0v) is 8.36. The summed E-state index contributed by atoms with van der Waals surface area (Å²) >= 11 is 0. The SMILES string of the molecule is N#Cc1ccccc1C=C1CC(=O)NC1=O. The Bertz CT molecular complexity index is 538. The lowest BCUT2D eigenvalue weighted by Crippen LogP contribution is -2.19. The third-order valence-electron chi connectivity index (χ3n) is 2.31. The van der Waals surface area contributed by atoms with Crippen LogP contribution in [0.3, 0.4) is 0 Å². The fraction of sp³-hybridized carbons (Fsp3) is 0.0833. The summed E-state index contributed by atoms with van der Waals surface area (Å²) in [5.74, 6) is -0.677. The molecule has 2 rings (SSSR count). The molecule has 78 valence electrons. The molecular weight excluding hydrogens is 204 g/mol. The first-order valence-corrected chi connectivity index (χ1v) is 4.74. The van der Waals surface area contributed by atoms with Gasteiger partial charge in [-0.25, -0.2) is 0 Å². The smallest absolute Gasteiger partial charge is 0.254 e. The van der Waals surface area contributed by atoms with Gasteiger partial charge < -0.3 is 0 Å². The zero-order valence-electron chi connectivity index (χ0n) is 8.36. The number of hydrogen-bond donors (Lipinski definition) is 1. The van der Waals surface area contributed by atoms with Gasteiger partial charge in [-0.05, 0) is 17.7 Å². The predicted octanol–water partition coefficient (Wildman–Crippen LogP) is 0.988. The Kier molecular flexibility index (Phi) is 2.52. The molecule has 0 aromatic heterocycles. The van der Waals surface area contributed by atoms with Crippen LogP contribution in [-0.2, 0) is 9.59 Å². The van der Waals surface area contributed by atoms with Gasteiger partial charge in [0.15, 0.2) is 0 Å². The summed E-state index contributed by atoms with van der Waals surface area (Å²) in [5.41, 5.74) is 1.54. The van der Waals surface area contributed by atoms with Crippen LogP contribution in [-0.4, -0.2) is 11.8 Å². The van der Waals surface area contributed by atoms with Crippen molar-refractivity contribution < 1.29 is 9.59 Å². The molecule has 2 amide bonds. The van der Waals surface area contributed by atoms with Crippen LogP contribution in [0.1, 0.15) is 17.5 Å². The zero-order chi connectivity index (χ0) is 11.5. The van der Waals surface area contributed by atoms with Crippen LogP contribution in [0.25, 0.3) is 6.08 Å². The van der Waals surface area contributed by atoms with E-state index >= 15 is 0 Å². The van der Waals surface area contributed by atoms with Crippen LogP contribution < -0.4 is 5.32 Å². The van der Waals surface area contributed by atoms with Crippen molar-refractivity contribution in [3.8, 4) is 6.07 Å². The summed E-state index contributed by atoms with van der Waals surface area (Å²) in [6, 6.07) is 8.97. The molecule has 1 aromatic rings. The third kappa shape index (κ3) is 1.84. The fourth-order valence-electron chi connectivity index (χ4n) is 1.53. The van der Waals surface area contributed by atoms with Crippen LogP contribution in [0, 0.1) is 11.3 Å². The number of benzene rings is 1. The lowest BCUT2D eigenvalue weighted by molar-refractivity contribution is -0.124. The molecule has 1 heterocycles. The number of amides is 2. The summed E-state index contributed by atoms with van der Waals surface area (Å²) in [4.78, 5) is 22.3. The van der Waals surface area contributed by atoms with Gasteiger partial charge in [0, 0.05) is 5.57 Å². The maximum Gasteiger partial charge on any atom is 0.254 e. The Morgan fingerprint density at radius 2 is 2.06 bits per heavy atom. The van der Waals surface area contributed by atoms with Gasteiger partial charge in [-0.3, -0.25) is 14.9 Å². The Labute approximate surface area is 92.2 Å². The molecule has 0 bridgehead atoms. The number of hydrogen-bond acceptors (Lipinski definition) is 3. The highest BCUT2D eigenvalue weighted by atomic mass is 16.2. The van der Waals surface area contributed by atoms with Gasteiger partial charge in [-0.1, -0.05) is 18.2 Å². The molecular formula is C12H8N2O2. The minimum absolute atomic E-state index is 0.0819. The minimum Gasteiger partial charge on any atom is -0.292 e. The number of rotatable bonds is 1. The van der Waals surface area contributed by atoms with E-state index in [0.717, 1.165) is 0 Å². The van der Waals surface area contributed by atoms with E-state index in [0.29, 0.717) is 16.7 Å². The second-order valence-corrected chi connectivity index (χ2v) is 3.42. The molecule has 1 aliphatic heterocycles. The molecule has 0 radical (unpaired) electrons. The lowest BCUT2D eigenvalue weighted by atomic mass is 10.0. The molecule has 0 saturated carbocycles. The second kappa shape index (κ2) is 3.99. The monoisotopic (exact) mass is 212 g/mol. The summed E-state index contributed by atoms with van der Waals surface area (Å²) in [6.07, 6.45) is 1.66. The molecule has 1 saturated heterocycles. The number of nitrogens with zero attached hydrogens (tertiary/aromatic N) is 1. The maximum atomic E-state index is 11.3. The average molecular weight is 212 g/mol. The molecule has 4 heteroatoms. The van der Waals surface area contributed by atoms with Crippen molar-refractivity contribution in [1.29, 1.82) is 5.26 Å². The Balaban J connectivity index is 2.40. The third-order valence-corrected chi connectivity index (χ3v) is 2.31. The minimum atomic E-state index is -0.377. The average Bonchev–Trinajstić information content (AvgIpc) is 2.58. The van der Waals surface area contributed by atoms with Gasteiger partial charge in [-0.15, -0.1) is 0 Å². The standard InChI is InChI=1S/C12H8N2O2/c13-7-9-4-2-1-3-8(9)5-10-6-11(15)14-12(10)16/h1-5H,6H2,(H,14,15,16). The topological polar surface area (TPSA) is 70.0 Å². The van der Waals surface area contributed by atoms with Gasteiger partial charge >= 0.3 is 0 Å². The van der Waals surface area contributed by atoms with E-state index in [1.165, 1.54) is 0 Å². The predicted molar refractivity (Wildman–Crippen MR) is 56.9 cm³/mol. The summed E-state index contributed by atoms with van der Waals surface area (Å²) < 4.78 is 0. The van der Waals surface area contributed by atoms with E-state index in [2.05, 4.69) is 5.32 Å². The maximum absolute atomic E-state index is 11.3. The number of nitriles is 1. The molecule has 0 atom stereocenters. The molecule has 4 nitrogen and oxygen atoms in total. The molecule has 1 aromatic carbocycles. The molecule has 16 heavy (non-hydrogen) atoms. The first-order valence-electron chi connectivity index (χ1n) is 4.74. The van der Waals surface area contributed by atoms with Crippen molar-refractivity contribution in [3.63, 3.8) is 0 Å². The highest BCUT2D eigenvalue weighted by Crippen LogP contribution is 2.17. The first kappa shape index (κ1) is 10.1. The van der Waals surface area contributed by atoms with Gasteiger partial charge in [0.2, 0.25) is 5.91 Å². The van der Waals surface area contributed by atoms with E-state index < -0.39 is 0 Å². The summed E-state index contributed by atoms with van der Waals surface area (Å²) in [5, 5.41) is 11.1. The number of carbonyl (C=O) groups is 2. The van der Waals surface area contributed by atoms with Crippen molar-refractivity contribution >= 4 is 17.9 Å². The first-order chi connectivity index (χ1) is 7.70. The summed E-state index contributed by atoms with van der Waals surface area (Å²) in [7, 11) is 0. The largest absolute Gasteiger partial charge is 0.292 e. The van der Waals surface area contributed by atoms with Crippen molar-refractivity contribution in [2.24, 2.45) is 0 Å². The fourth-order valence-corrected chi connectivity index (χ4v) is 1.53. The molecule has 1 N–H and O–H groups in total. The Morgan fingerprint density at radius 1 is 1.31 bits per heavy atom. The number of carbonyl (C=O) groups excluding carboxylic acids is 2. The summed E-state index contributed by atoms with van der Waals surface area (Å²) in [6.45, 7) is 0. The van der Waals surface area contributed by atoms with E-state index in [4.69, 9.17) is 5.26 Å². The Hall–Kier alpha value is -2.41. The highest BCUT2D eigenvalue weighted by Gasteiger charge is 2.23. The van der Waals surface area contributed by atoms with Crippen molar-refractivity contribution in [3.05, 3.63) is 41.0 Å². The van der Waals surface area contributed by atoms with Gasteiger partial charge in [0.05, 0.1) is 18.1 Å². The molecule has 1 aliphatic rings. The van der Waals surface area contributed by atoms with Crippen molar-refractivity contribution in [2.45, 2.75) is 6.42 Å². The molecule has 0 aliphatic carbocycles. The van der Waals surface area contributed by atoms with Gasteiger partial charge in [-0.2, -0.15) is 5.26 Å².